The van der Waals surface area contributed by atoms with Crippen molar-refractivity contribution in [2.45, 2.75) is 0 Å². The summed E-state index contributed by atoms with van der Waals surface area (Å²) in [7, 11) is 1.84. The Morgan fingerprint density at radius 1 is 0.778 bits per heavy atom. The molecule has 0 radical (unpaired) electrons. The molecule has 0 unspecified atom stereocenters. The topological polar surface area (TPSA) is 63.8 Å². The third kappa shape index (κ3) is 2.60. The van der Waals surface area contributed by atoms with Crippen molar-refractivity contribution in [3.05, 3.63) is 73.2 Å². The van der Waals surface area contributed by atoms with Crippen LogP contribution in [-0.2, 0) is 0 Å². The van der Waals surface area contributed by atoms with E-state index in [1.807, 2.05) is 56.0 Å². The van der Waals surface area contributed by atoms with Crippen molar-refractivity contribution in [1.82, 2.24) is 15.1 Å². The van der Waals surface area contributed by atoms with Gasteiger partial charge in [0.05, 0.1) is 10.9 Å². The van der Waals surface area contributed by atoms with Crippen LogP contribution in [0, 0.1) is 0 Å². The van der Waals surface area contributed by atoms with Crippen molar-refractivity contribution in [3.63, 3.8) is 0 Å². The van der Waals surface area contributed by atoms with Gasteiger partial charge in [-0.15, -0.1) is 0 Å². The second-order valence-corrected chi connectivity index (χ2v) is 6.32. The molecular formula is C22H16N4O. The molecule has 0 spiro atoms. The Bertz CT molecular complexity index is 1260. The van der Waals surface area contributed by atoms with Crippen molar-refractivity contribution in [2.75, 3.05) is 12.4 Å². The number of nitrogens with one attached hydrogen (secondary N) is 1. The molecule has 0 atom stereocenters. The Balaban J connectivity index is 1.68. The Morgan fingerprint density at radius 2 is 1.59 bits per heavy atom. The van der Waals surface area contributed by atoms with Gasteiger partial charge in [-0.2, -0.15) is 0 Å². The van der Waals surface area contributed by atoms with Crippen molar-refractivity contribution in [3.8, 4) is 22.3 Å². The Hall–Kier alpha value is -3.73. The van der Waals surface area contributed by atoms with Gasteiger partial charge in [0.2, 0.25) is 0 Å². The average Bonchev–Trinajstić information content (AvgIpc) is 3.16. The zero-order chi connectivity index (χ0) is 18.2. The van der Waals surface area contributed by atoms with Crippen molar-refractivity contribution < 1.29 is 4.52 Å². The summed E-state index contributed by atoms with van der Waals surface area (Å²) in [5.74, 6) is 0.749. The summed E-state index contributed by atoms with van der Waals surface area (Å²) in [6.07, 6.45) is 5.46. The monoisotopic (exact) mass is 352 g/mol. The highest BCUT2D eigenvalue weighted by molar-refractivity contribution is 5.98. The molecule has 0 aliphatic carbocycles. The minimum atomic E-state index is 0.749. The van der Waals surface area contributed by atoms with E-state index >= 15 is 0 Å². The lowest BCUT2D eigenvalue weighted by Crippen LogP contribution is -1.88. The van der Waals surface area contributed by atoms with Crippen LogP contribution in [0.25, 0.3) is 44.1 Å². The zero-order valence-electron chi connectivity index (χ0n) is 14.7. The Morgan fingerprint density at radius 3 is 2.44 bits per heavy atom. The van der Waals surface area contributed by atoms with Gasteiger partial charge in [-0.25, -0.2) is 0 Å². The number of fused-ring (bicyclic) bond motifs is 2. The first kappa shape index (κ1) is 15.5. The maximum absolute atomic E-state index is 5.45. The van der Waals surface area contributed by atoms with E-state index in [0.717, 1.165) is 49.9 Å². The van der Waals surface area contributed by atoms with E-state index in [0.29, 0.717) is 0 Å². The fraction of sp³-hybridized carbons (Fsp3) is 0.0455. The van der Waals surface area contributed by atoms with Gasteiger partial charge in [-0.3, -0.25) is 9.97 Å². The summed E-state index contributed by atoms with van der Waals surface area (Å²) in [5, 5.41) is 9.17. The average molecular weight is 352 g/mol. The highest BCUT2D eigenvalue weighted by Gasteiger charge is 2.10. The van der Waals surface area contributed by atoms with Gasteiger partial charge in [-0.1, -0.05) is 17.3 Å². The molecule has 5 aromatic rings. The summed E-state index contributed by atoms with van der Waals surface area (Å²) >= 11 is 0. The second kappa shape index (κ2) is 6.21. The molecule has 1 N–H and O–H groups in total. The number of pyridine rings is 2. The lowest BCUT2D eigenvalue weighted by molar-refractivity contribution is 0.460. The van der Waals surface area contributed by atoms with Gasteiger partial charge in [0.1, 0.15) is 0 Å². The van der Waals surface area contributed by atoms with E-state index in [1.54, 1.807) is 0 Å². The van der Waals surface area contributed by atoms with Gasteiger partial charge in [-0.05, 0) is 64.7 Å². The molecule has 130 valence electrons. The number of benzene rings is 2. The molecule has 27 heavy (non-hydrogen) atoms. The summed E-state index contributed by atoms with van der Waals surface area (Å²) in [6.45, 7) is 0. The first-order valence-electron chi connectivity index (χ1n) is 8.70. The van der Waals surface area contributed by atoms with E-state index in [4.69, 9.17) is 4.52 Å². The number of aromatic nitrogens is 3. The second-order valence-electron chi connectivity index (χ2n) is 6.32. The minimum absolute atomic E-state index is 0.749. The molecule has 3 aromatic heterocycles. The smallest absolute Gasteiger partial charge is 0.177 e. The maximum atomic E-state index is 5.45. The van der Waals surface area contributed by atoms with Crippen LogP contribution < -0.4 is 5.32 Å². The van der Waals surface area contributed by atoms with Crippen molar-refractivity contribution in [2.24, 2.45) is 0 Å². The molecule has 5 rings (SSSR count). The quantitative estimate of drug-likeness (QED) is 0.487. The highest BCUT2D eigenvalue weighted by atomic mass is 16.5. The molecule has 0 amide bonds. The molecule has 2 aromatic carbocycles. The number of hydrogen-bond acceptors (Lipinski definition) is 5. The molecule has 0 aliphatic heterocycles. The van der Waals surface area contributed by atoms with Gasteiger partial charge in [0.15, 0.2) is 11.4 Å². The molecule has 0 saturated heterocycles. The summed E-state index contributed by atoms with van der Waals surface area (Å²) in [6, 6.07) is 18.5. The van der Waals surface area contributed by atoms with Crippen LogP contribution in [0.5, 0.6) is 0 Å². The normalized spacial score (nSPS) is 11.1. The third-order valence-electron chi connectivity index (χ3n) is 4.78. The fourth-order valence-electron chi connectivity index (χ4n) is 3.41. The first-order chi connectivity index (χ1) is 13.3. The predicted molar refractivity (Wildman–Crippen MR) is 108 cm³/mol. The molecule has 0 saturated carbocycles. The summed E-state index contributed by atoms with van der Waals surface area (Å²) in [5.41, 5.74) is 6.17. The van der Waals surface area contributed by atoms with E-state index in [-0.39, 0.29) is 0 Å². The Kier molecular flexibility index (Phi) is 3.57. The molecule has 5 heteroatoms. The first-order valence-corrected chi connectivity index (χ1v) is 8.70. The lowest BCUT2D eigenvalue weighted by Gasteiger charge is -2.09. The maximum Gasteiger partial charge on any atom is 0.177 e. The lowest BCUT2D eigenvalue weighted by atomic mass is 9.97. The molecule has 3 heterocycles. The number of rotatable bonds is 3. The molecular weight excluding hydrogens is 336 g/mol. The molecule has 0 fully saturated rings. The third-order valence-corrected chi connectivity index (χ3v) is 4.78. The highest BCUT2D eigenvalue weighted by Crippen LogP contribution is 2.33. The standard InChI is InChI=1S/C22H16N4O/c1-23-22-18-4-2-16(13-21(18)27-26-22)15-3-5-20-19(12-15)17(8-11-25-20)14-6-9-24-10-7-14/h2-13H,1H3,(H,23,26). The predicted octanol–water partition coefficient (Wildman–Crippen LogP) is 5.15. The van der Waals surface area contributed by atoms with Crippen LogP contribution in [0.2, 0.25) is 0 Å². The number of anilines is 1. The van der Waals surface area contributed by atoms with Crippen LogP contribution in [-0.4, -0.2) is 22.2 Å². The minimum Gasteiger partial charge on any atom is -0.370 e. The van der Waals surface area contributed by atoms with E-state index in [2.05, 4.69) is 44.7 Å². The van der Waals surface area contributed by atoms with E-state index in [9.17, 15) is 0 Å². The summed E-state index contributed by atoms with van der Waals surface area (Å²) < 4.78 is 5.45. The SMILES string of the molecule is CNc1noc2cc(-c3ccc4nccc(-c5ccncc5)c4c3)ccc12. The van der Waals surface area contributed by atoms with E-state index < -0.39 is 0 Å². The van der Waals surface area contributed by atoms with E-state index in [1.165, 1.54) is 0 Å². The van der Waals surface area contributed by atoms with Gasteiger partial charge < -0.3 is 9.84 Å². The largest absolute Gasteiger partial charge is 0.370 e. The fourth-order valence-corrected chi connectivity index (χ4v) is 3.41. The van der Waals surface area contributed by atoms with Gasteiger partial charge in [0.25, 0.3) is 0 Å². The van der Waals surface area contributed by atoms with Crippen LogP contribution in [0.15, 0.2) is 77.7 Å². The van der Waals surface area contributed by atoms with Crippen LogP contribution in [0.1, 0.15) is 0 Å². The molecule has 5 nitrogen and oxygen atoms in total. The zero-order valence-corrected chi connectivity index (χ0v) is 14.7. The van der Waals surface area contributed by atoms with Gasteiger partial charge in [0, 0.05) is 31.0 Å². The number of nitrogens with zero attached hydrogens (tertiary/aromatic N) is 3. The Labute approximate surface area is 155 Å². The van der Waals surface area contributed by atoms with Gasteiger partial charge >= 0.3 is 0 Å². The van der Waals surface area contributed by atoms with Crippen LogP contribution in [0.4, 0.5) is 5.82 Å². The molecule has 0 bridgehead atoms. The van der Waals surface area contributed by atoms with Crippen molar-refractivity contribution >= 4 is 27.7 Å². The number of hydrogen-bond donors (Lipinski definition) is 1. The van der Waals surface area contributed by atoms with Crippen LogP contribution >= 0.6 is 0 Å². The molecule has 0 aliphatic rings. The van der Waals surface area contributed by atoms with Crippen molar-refractivity contribution in [1.29, 1.82) is 0 Å². The van der Waals surface area contributed by atoms with Crippen LogP contribution in [0.3, 0.4) is 0 Å². The summed E-state index contributed by atoms with van der Waals surface area (Å²) in [4.78, 5) is 8.63.